The number of nitrogens with zero attached hydrogens (tertiary/aromatic N) is 1. The normalized spacial score (nSPS) is 18.7. The summed E-state index contributed by atoms with van der Waals surface area (Å²) in [4.78, 5) is 14.4. The van der Waals surface area contributed by atoms with Crippen LogP contribution in [0.5, 0.6) is 0 Å². The zero-order chi connectivity index (χ0) is 16.2. The molecule has 1 fully saturated rings. The Morgan fingerprint density at radius 2 is 2.04 bits per heavy atom. The van der Waals surface area contributed by atoms with Gasteiger partial charge in [0.15, 0.2) is 0 Å². The van der Waals surface area contributed by atoms with Gasteiger partial charge in [0.25, 0.3) is 5.91 Å². The Hall–Kier alpha value is -2.11. The molecular weight excluding hydrogens is 294 g/mol. The number of benzene rings is 1. The summed E-state index contributed by atoms with van der Waals surface area (Å²) in [7, 11) is 0. The lowest BCUT2D eigenvalue weighted by Crippen LogP contribution is -2.36. The molecular formula is C18H21NO4. The fourth-order valence-electron chi connectivity index (χ4n) is 2.72. The van der Waals surface area contributed by atoms with Gasteiger partial charge in [-0.25, -0.2) is 0 Å². The van der Waals surface area contributed by atoms with Crippen molar-refractivity contribution >= 4 is 5.91 Å². The number of aryl methyl sites for hydroxylation is 1. The Labute approximate surface area is 135 Å². The van der Waals surface area contributed by atoms with Gasteiger partial charge in [-0.1, -0.05) is 12.1 Å². The van der Waals surface area contributed by atoms with Crippen LogP contribution in [-0.2, 0) is 4.74 Å². The van der Waals surface area contributed by atoms with E-state index >= 15 is 0 Å². The van der Waals surface area contributed by atoms with E-state index in [2.05, 4.69) is 0 Å². The van der Waals surface area contributed by atoms with E-state index in [1.165, 1.54) is 0 Å². The predicted molar refractivity (Wildman–Crippen MR) is 86.2 cm³/mol. The van der Waals surface area contributed by atoms with E-state index in [9.17, 15) is 9.90 Å². The van der Waals surface area contributed by atoms with Crippen LogP contribution in [0.25, 0.3) is 11.3 Å². The fraction of sp³-hybridized carbons (Fsp3) is 0.389. The van der Waals surface area contributed by atoms with Gasteiger partial charge >= 0.3 is 0 Å². The maximum Gasteiger partial charge on any atom is 0.253 e. The zero-order valence-corrected chi connectivity index (χ0v) is 13.2. The van der Waals surface area contributed by atoms with E-state index in [0.717, 1.165) is 17.1 Å². The summed E-state index contributed by atoms with van der Waals surface area (Å²) in [6, 6.07) is 11.3. The van der Waals surface area contributed by atoms with Gasteiger partial charge in [-0.2, -0.15) is 0 Å². The highest BCUT2D eigenvalue weighted by atomic mass is 16.5. The predicted octanol–water partition coefficient (Wildman–Crippen LogP) is 2.34. The molecule has 0 spiro atoms. The second-order valence-corrected chi connectivity index (χ2v) is 5.86. The Kier molecular flexibility index (Phi) is 4.79. The molecule has 0 saturated carbocycles. The average molecular weight is 315 g/mol. The largest absolute Gasteiger partial charge is 0.461 e. The summed E-state index contributed by atoms with van der Waals surface area (Å²) < 4.78 is 11.0. The minimum absolute atomic E-state index is 0.0215. The van der Waals surface area contributed by atoms with E-state index in [1.54, 1.807) is 4.90 Å². The highest BCUT2D eigenvalue weighted by molar-refractivity contribution is 5.94. The van der Waals surface area contributed by atoms with Crippen LogP contribution in [0.2, 0.25) is 0 Å². The van der Waals surface area contributed by atoms with Crippen LogP contribution in [-0.4, -0.2) is 48.8 Å². The fourth-order valence-corrected chi connectivity index (χ4v) is 2.72. The molecule has 122 valence electrons. The zero-order valence-electron chi connectivity index (χ0n) is 13.2. The van der Waals surface area contributed by atoms with Crippen LogP contribution in [0.15, 0.2) is 40.8 Å². The number of furan rings is 1. The number of aliphatic hydroxyl groups excluding tert-OH is 1. The van der Waals surface area contributed by atoms with Crippen molar-refractivity contribution in [3.63, 3.8) is 0 Å². The van der Waals surface area contributed by atoms with Gasteiger partial charge < -0.3 is 19.2 Å². The third kappa shape index (κ3) is 3.63. The number of hydrogen-bond donors (Lipinski definition) is 1. The van der Waals surface area contributed by atoms with Gasteiger partial charge in [-0.3, -0.25) is 4.79 Å². The summed E-state index contributed by atoms with van der Waals surface area (Å²) >= 11 is 0. The van der Waals surface area contributed by atoms with Gasteiger partial charge in [-0.15, -0.1) is 0 Å². The summed E-state index contributed by atoms with van der Waals surface area (Å²) in [6.07, 6.45) is 0. The van der Waals surface area contributed by atoms with Gasteiger partial charge in [0.2, 0.25) is 0 Å². The Balaban J connectivity index is 1.74. The number of aliphatic hydroxyl groups is 1. The SMILES string of the molecule is Cc1ccc(-c2ccc(C(=O)N3CCOC[C@@H](CO)C3)cc2)o1. The quantitative estimate of drug-likeness (QED) is 0.944. The second-order valence-electron chi connectivity index (χ2n) is 5.86. The molecule has 0 unspecified atom stereocenters. The molecule has 5 nitrogen and oxygen atoms in total. The lowest BCUT2D eigenvalue weighted by molar-refractivity contribution is 0.0728. The van der Waals surface area contributed by atoms with Gasteiger partial charge in [0.1, 0.15) is 11.5 Å². The summed E-state index contributed by atoms with van der Waals surface area (Å²) in [5.41, 5.74) is 1.58. The molecule has 1 aliphatic heterocycles. The molecule has 0 radical (unpaired) electrons. The minimum Gasteiger partial charge on any atom is -0.461 e. The van der Waals surface area contributed by atoms with Crippen LogP contribution in [0.4, 0.5) is 0 Å². The summed E-state index contributed by atoms with van der Waals surface area (Å²) in [6.45, 7) is 4.01. The third-order valence-corrected chi connectivity index (χ3v) is 4.04. The van der Waals surface area contributed by atoms with Crippen LogP contribution < -0.4 is 0 Å². The molecule has 0 aliphatic carbocycles. The molecule has 1 N–H and O–H groups in total. The Morgan fingerprint density at radius 3 is 2.70 bits per heavy atom. The van der Waals surface area contributed by atoms with Crippen LogP contribution in [0.1, 0.15) is 16.1 Å². The molecule has 2 aromatic rings. The van der Waals surface area contributed by atoms with Crippen molar-refractivity contribution in [3.8, 4) is 11.3 Å². The molecule has 5 heteroatoms. The van der Waals surface area contributed by atoms with Crippen molar-refractivity contribution in [2.24, 2.45) is 5.92 Å². The van der Waals surface area contributed by atoms with Gasteiger partial charge in [0, 0.05) is 36.7 Å². The van der Waals surface area contributed by atoms with E-state index in [0.29, 0.717) is 31.9 Å². The maximum absolute atomic E-state index is 12.6. The van der Waals surface area contributed by atoms with E-state index in [-0.39, 0.29) is 18.4 Å². The molecule has 1 saturated heterocycles. The number of rotatable bonds is 3. The van der Waals surface area contributed by atoms with Crippen molar-refractivity contribution in [3.05, 3.63) is 47.7 Å². The first-order valence-corrected chi connectivity index (χ1v) is 7.82. The second kappa shape index (κ2) is 6.98. The third-order valence-electron chi connectivity index (χ3n) is 4.04. The summed E-state index contributed by atoms with van der Waals surface area (Å²) in [5.74, 6) is 1.60. The smallest absolute Gasteiger partial charge is 0.253 e. The van der Waals surface area contributed by atoms with E-state index in [1.807, 2.05) is 43.3 Å². The lowest BCUT2D eigenvalue weighted by Gasteiger charge is -2.22. The van der Waals surface area contributed by atoms with Crippen molar-refractivity contribution in [1.82, 2.24) is 4.90 Å². The number of ether oxygens (including phenoxy) is 1. The molecule has 1 atom stereocenters. The van der Waals surface area contributed by atoms with Gasteiger partial charge in [0.05, 0.1) is 13.2 Å². The number of carbonyl (C=O) groups excluding carboxylic acids is 1. The molecule has 1 aromatic carbocycles. The molecule has 1 aliphatic rings. The topological polar surface area (TPSA) is 62.9 Å². The number of carbonyl (C=O) groups is 1. The first-order valence-electron chi connectivity index (χ1n) is 7.82. The first-order chi connectivity index (χ1) is 11.2. The lowest BCUT2D eigenvalue weighted by atomic mass is 10.1. The standard InChI is InChI=1S/C18H21NO4/c1-13-2-7-17(23-13)15-3-5-16(6-4-15)18(21)19-8-9-22-12-14(10-19)11-20/h2-7,14,20H,8-12H2,1H3/t14-/m1/s1. The number of hydrogen-bond acceptors (Lipinski definition) is 4. The number of amides is 1. The molecule has 23 heavy (non-hydrogen) atoms. The van der Waals surface area contributed by atoms with Crippen LogP contribution in [0.3, 0.4) is 0 Å². The average Bonchev–Trinajstić information content (AvgIpc) is 2.87. The molecule has 1 amide bonds. The first kappa shape index (κ1) is 15.8. The highest BCUT2D eigenvalue weighted by Crippen LogP contribution is 2.22. The molecule has 0 bridgehead atoms. The summed E-state index contributed by atoms with van der Waals surface area (Å²) in [5, 5.41) is 9.32. The maximum atomic E-state index is 12.6. The molecule has 2 heterocycles. The highest BCUT2D eigenvalue weighted by Gasteiger charge is 2.23. The molecule has 1 aromatic heterocycles. The van der Waals surface area contributed by atoms with Crippen molar-refractivity contribution < 1.29 is 19.1 Å². The van der Waals surface area contributed by atoms with Crippen molar-refractivity contribution in [1.29, 1.82) is 0 Å². The monoisotopic (exact) mass is 315 g/mol. The van der Waals surface area contributed by atoms with Gasteiger partial charge in [-0.05, 0) is 31.2 Å². The van der Waals surface area contributed by atoms with Crippen LogP contribution in [0, 0.1) is 12.8 Å². The minimum atomic E-state index is -0.0314. The van der Waals surface area contributed by atoms with Crippen molar-refractivity contribution in [2.45, 2.75) is 6.92 Å². The Bertz CT molecular complexity index is 662. The molecule has 3 rings (SSSR count). The Morgan fingerprint density at radius 1 is 1.26 bits per heavy atom. The van der Waals surface area contributed by atoms with E-state index in [4.69, 9.17) is 9.15 Å². The van der Waals surface area contributed by atoms with E-state index < -0.39 is 0 Å². The van der Waals surface area contributed by atoms with Crippen LogP contribution >= 0.6 is 0 Å². The van der Waals surface area contributed by atoms with Crippen molar-refractivity contribution in [2.75, 3.05) is 32.9 Å².